The zero-order valence-electron chi connectivity index (χ0n) is 6.92. The first-order chi connectivity index (χ1) is 6.19. The third kappa shape index (κ3) is 2.45. The number of rotatable bonds is 2. The van der Waals surface area contributed by atoms with Crippen molar-refractivity contribution in [2.45, 2.75) is 3.74 Å². The van der Waals surface area contributed by atoms with Crippen LogP contribution < -0.4 is 4.74 Å². The molecule has 0 aliphatic carbocycles. The van der Waals surface area contributed by atoms with E-state index in [0.29, 0.717) is 11.4 Å². The van der Waals surface area contributed by atoms with Crippen molar-refractivity contribution in [3.05, 3.63) is 35.2 Å². The summed E-state index contributed by atoms with van der Waals surface area (Å²) < 4.78 is 5.20. The second kappa shape index (κ2) is 4.64. The molecular formula is C9H7Br2NO. The lowest BCUT2D eigenvalue weighted by Crippen LogP contribution is -1.89. The number of methoxy groups -OCH3 is 1. The predicted molar refractivity (Wildman–Crippen MR) is 59.9 cm³/mol. The molecule has 0 saturated carbocycles. The Morgan fingerprint density at radius 3 is 2.62 bits per heavy atom. The van der Waals surface area contributed by atoms with Gasteiger partial charge in [0.15, 0.2) is 5.69 Å². The molecule has 1 rings (SSSR count). The van der Waals surface area contributed by atoms with Gasteiger partial charge in [0.2, 0.25) is 0 Å². The summed E-state index contributed by atoms with van der Waals surface area (Å²) in [4.78, 5) is 3.32. The Hall–Kier alpha value is -0.530. The monoisotopic (exact) mass is 303 g/mol. The van der Waals surface area contributed by atoms with Gasteiger partial charge in [-0.25, -0.2) is 4.85 Å². The van der Waals surface area contributed by atoms with Crippen molar-refractivity contribution in [1.82, 2.24) is 0 Å². The van der Waals surface area contributed by atoms with Crippen molar-refractivity contribution in [1.29, 1.82) is 0 Å². The Bertz CT molecular complexity index is 344. The molecule has 4 heteroatoms. The second-order valence-electron chi connectivity index (χ2n) is 2.34. The average Bonchev–Trinajstić information content (AvgIpc) is 2.16. The first-order valence-corrected chi connectivity index (χ1v) is 5.35. The Balaban J connectivity index is 3.17. The van der Waals surface area contributed by atoms with Crippen molar-refractivity contribution >= 4 is 37.5 Å². The number of ether oxygens (including phenoxy) is 1. The van der Waals surface area contributed by atoms with Crippen LogP contribution in [0.3, 0.4) is 0 Å². The molecular weight excluding hydrogens is 298 g/mol. The summed E-state index contributed by atoms with van der Waals surface area (Å²) in [6.45, 7) is 6.84. The third-order valence-electron chi connectivity index (χ3n) is 1.58. The van der Waals surface area contributed by atoms with Crippen molar-refractivity contribution in [2.75, 3.05) is 7.11 Å². The maximum atomic E-state index is 6.84. The van der Waals surface area contributed by atoms with Crippen LogP contribution in [-0.4, -0.2) is 7.11 Å². The molecule has 0 unspecified atom stereocenters. The number of hydrogen-bond donors (Lipinski definition) is 0. The number of hydrogen-bond acceptors (Lipinski definition) is 1. The number of alkyl halides is 2. The first kappa shape index (κ1) is 10.6. The molecule has 0 amide bonds. The van der Waals surface area contributed by atoms with Crippen molar-refractivity contribution in [3.8, 4) is 5.75 Å². The summed E-state index contributed by atoms with van der Waals surface area (Å²) in [6, 6.07) is 5.35. The number of benzene rings is 1. The summed E-state index contributed by atoms with van der Waals surface area (Å²) in [5.74, 6) is 0.715. The highest BCUT2D eigenvalue weighted by atomic mass is 79.9. The molecule has 1 aromatic rings. The van der Waals surface area contributed by atoms with Crippen LogP contribution in [0.2, 0.25) is 0 Å². The van der Waals surface area contributed by atoms with E-state index in [0.717, 1.165) is 5.56 Å². The maximum Gasteiger partial charge on any atom is 0.190 e. The lowest BCUT2D eigenvalue weighted by atomic mass is 10.2. The van der Waals surface area contributed by atoms with Gasteiger partial charge in [-0.15, -0.1) is 0 Å². The van der Waals surface area contributed by atoms with Gasteiger partial charge in [0.1, 0.15) is 5.75 Å². The third-order valence-corrected chi connectivity index (χ3v) is 2.57. The Kier molecular flexibility index (Phi) is 3.76. The van der Waals surface area contributed by atoms with Crippen LogP contribution in [-0.2, 0) is 0 Å². The smallest absolute Gasteiger partial charge is 0.190 e. The van der Waals surface area contributed by atoms with Gasteiger partial charge in [-0.1, -0.05) is 44.0 Å². The Morgan fingerprint density at radius 1 is 1.46 bits per heavy atom. The lowest BCUT2D eigenvalue weighted by Gasteiger charge is -2.09. The van der Waals surface area contributed by atoms with E-state index in [4.69, 9.17) is 11.3 Å². The van der Waals surface area contributed by atoms with E-state index in [-0.39, 0.29) is 3.74 Å². The summed E-state index contributed by atoms with van der Waals surface area (Å²) in [5.41, 5.74) is 1.57. The molecule has 0 saturated heterocycles. The van der Waals surface area contributed by atoms with E-state index in [2.05, 4.69) is 36.7 Å². The SMILES string of the molecule is [C-]#[N+]c1ccc(C(Br)Br)c(OC)c1. The van der Waals surface area contributed by atoms with E-state index in [9.17, 15) is 0 Å². The second-order valence-corrected chi connectivity index (χ2v) is 5.40. The molecule has 0 heterocycles. The van der Waals surface area contributed by atoms with Gasteiger partial charge in [-0.3, -0.25) is 0 Å². The van der Waals surface area contributed by atoms with Crippen LogP contribution in [0.5, 0.6) is 5.75 Å². The molecule has 0 radical (unpaired) electrons. The van der Waals surface area contributed by atoms with Crippen LogP contribution in [0.4, 0.5) is 5.69 Å². The molecule has 68 valence electrons. The van der Waals surface area contributed by atoms with Gasteiger partial charge in [-0.2, -0.15) is 0 Å². The highest BCUT2D eigenvalue weighted by Gasteiger charge is 2.09. The number of halogens is 2. The van der Waals surface area contributed by atoms with Crippen molar-refractivity contribution < 1.29 is 4.74 Å². The quantitative estimate of drug-likeness (QED) is 0.594. The lowest BCUT2D eigenvalue weighted by molar-refractivity contribution is 0.411. The van der Waals surface area contributed by atoms with Crippen molar-refractivity contribution in [3.63, 3.8) is 0 Å². The molecule has 2 nitrogen and oxygen atoms in total. The van der Waals surface area contributed by atoms with Gasteiger partial charge in [0, 0.05) is 5.56 Å². The summed E-state index contributed by atoms with van der Waals surface area (Å²) >= 11 is 6.76. The zero-order chi connectivity index (χ0) is 9.84. The molecule has 1 aromatic carbocycles. The maximum absolute atomic E-state index is 6.84. The van der Waals surface area contributed by atoms with Gasteiger partial charge in [0.05, 0.1) is 17.4 Å². The highest BCUT2D eigenvalue weighted by molar-refractivity contribution is 9.24. The topological polar surface area (TPSA) is 13.6 Å². The average molecular weight is 305 g/mol. The molecule has 0 bridgehead atoms. The van der Waals surface area contributed by atoms with Crippen LogP contribution in [0.1, 0.15) is 9.30 Å². The predicted octanol–water partition coefficient (Wildman–Crippen LogP) is 4.03. The Labute approximate surface area is 94.0 Å². The van der Waals surface area contributed by atoms with Crippen molar-refractivity contribution in [2.24, 2.45) is 0 Å². The van der Waals surface area contributed by atoms with E-state index in [1.165, 1.54) is 0 Å². The van der Waals surface area contributed by atoms with E-state index in [1.807, 2.05) is 6.07 Å². The normalized spacial score (nSPS) is 9.77. The van der Waals surface area contributed by atoms with Crippen LogP contribution in [0.15, 0.2) is 18.2 Å². The highest BCUT2D eigenvalue weighted by Crippen LogP contribution is 2.37. The molecule has 0 aliphatic rings. The summed E-state index contributed by atoms with van der Waals surface area (Å²) in [5, 5.41) is 0. The molecule has 13 heavy (non-hydrogen) atoms. The molecule has 0 fully saturated rings. The zero-order valence-corrected chi connectivity index (χ0v) is 10.1. The minimum atomic E-state index is 0.0507. The van der Waals surface area contributed by atoms with E-state index >= 15 is 0 Å². The molecule has 0 aromatic heterocycles. The first-order valence-electron chi connectivity index (χ1n) is 3.52. The van der Waals surface area contributed by atoms with Crippen LogP contribution in [0.25, 0.3) is 4.85 Å². The minimum absolute atomic E-state index is 0.0507. The molecule has 0 aliphatic heterocycles. The van der Waals surface area contributed by atoms with E-state index < -0.39 is 0 Å². The van der Waals surface area contributed by atoms with Gasteiger partial charge >= 0.3 is 0 Å². The largest absolute Gasteiger partial charge is 0.498 e. The molecule has 0 spiro atoms. The fourth-order valence-electron chi connectivity index (χ4n) is 0.950. The van der Waals surface area contributed by atoms with Gasteiger partial charge in [0.25, 0.3) is 0 Å². The van der Waals surface area contributed by atoms with Crippen LogP contribution in [0, 0.1) is 6.57 Å². The summed E-state index contributed by atoms with van der Waals surface area (Å²) in [6.07, 6.45) is 0. The standard InChI is InChI=1S/C9H7Br2NO/c1-12-6-3-4-7(9(10)11)8(5-6)13-2/h3-5,9H,2H3. The Morgan fingerprint density at radius 2 is 2.15 bits per heavy atom. The molecule has 0 N–H and O–H groups in total. The van der Waals surface area contributed by atoms with E-state index in [1.54, 1.807) is 19.2 Å². The fraction of sp³-hybridized carbons (Fsp3) is 0.222. The summed E-state index contributed by atoms with van der Waals surface area (Å²) in [7, 11) is 1.59. The molecule has 0 atom stereocenters. The van der Waals surface area contributed by atoms with Gasteiger partial charge in [-0.05, 0) is 6.07 Å². The fourth-order valence-corrected chi connectivity index (χ4v) is 1.71. The van der Waals surface area contributed by atoms with Gasteiger partial charge < -0.3 is 4.74 Å². The van der Waals surface area contributed by atoms with Crippen LogP contribution >= 0.6 is 31.9 Å². The minimum Gasteiger partial charge on any atom is -0.498 e. The number of nitrogens with zero attached hydrogens (tertiary/aromatic N) is 1.